The highest BCUT2D eigenvalue weighted by atomic mass is 16.5. The van der Waals surface area contributed by atoms with Crippen LogP contribution in [0.4, 0.5) is 10.5 Å². The summed E-state index contributed by atoms with van der Waals surface area (Å²) in [7, 11) is 1.61. The molecule has 2 fully saturated rings. The van der Waals surface area contributed by atoms with Gasteiger partial charge in [-0.15, -0.1) is 0 Å². The van der Waals surface area contributed by atoms with E-state index in [0.717, 1.165) is 27.1 Å². The highest BCUT2D eigenvalue weighted by molar-refractivity contribution is 6.09. The molecule has 1 atom stereocenters. The van der Waals surface area contributed by atoms with Crippen molar-refractivity contribution >= 4 is 34.3 Å². The molecular formula is C27H28N4O4. The van der Waals surface area contributed by atoms with Crippen LogP contribution in [0.1, 0.15) is 12.5 Å². The Kier molecular flexibility index (Phi) is 5.80. The monoisotopic (exact) mass is 472 g/mol. The predicted molar refractivity (Wildman–Crippen MR) is 133 cm³/mol. The molecule has 8 heteroatoms. The zero-order valence-electron chi connectivity index (χ0n) is 19.9. The molecule has 0 spiro atoms. The van der Waals surface area contributed by atoms with Gasteiger partial charge in [-0.05, 0) is 53.6 Å². The number of nitrogens with one attached hydrogen (secondary N) is 1. The van der Waals surface area contributed by atoms with Gasteiger partial charge in [-0.1, -0.05) is 36.4 Å². The molecule has 2 aliphatic heterocycles. The van der Waals surface area contributed by atoms with E-state index in [1.54, 1.807) is 18.9 Å². The van der Waals surface area contributed by atoms with Crippen molar-refractivity contribution in [2.75, 3.05) is 44.7 Å². The second-order valence-electron chi connectivity index (χ2n) is 9.08. The SMILES string of the molecule is COc1ccc2cc([C@]3(C)NC(=O)N(CC(=O)N4CCN(c5ccccc5)CC4)C3=O)ccc2c1. The molecule has 0 unspecified atom stereocenters. The van der Waals surface area contributed by atoms with Crippen LogP contribution in [-0.2, 0) is 15.1 Å². The number of piperazine rings is 1. The number of ether oxygens (including phenoxy) is 1. The molecule has 5 rings (SSSR count). The van der Waals surface area contributed by atoms with Crippen molar-refractivity contribution < 1.29 is 19.1 Å². The van der Waals surface area contributed by atoms with E-state index in [0.29, 0.717) is 31.7 Å². The largest absolute Gasteiger partial charge is 0.497 e. The average Bonchev–Trinajstić information content (AvgIpc) is 3.12. The van der Waals surface area contributed by atoms with Crippen molar-refractivity contribution in [1.29, 1.82) is 0 Å². The average molecular weight is 473 g/mol. The van der Waals surface area contributed by atoms with Gasteiger partial charge in [0.2, 0.25) is 5.91 Å². The molecule has 0 aliphatic carbocycles. The molecule has 2 saturated heterocycles. The third kappa shape index (κ3) is 4.16. The van der Waals surface area contributed by atoms with Gasteiger partial charge >= 0.3 is 6.03 Å². The molecule has 8 nitrogen and oxygen atoms in total. The maximum atomic E-state index is 13.4. The zero-order chi connectivity index (χ0) is 24.6. The minimum Gasteiger partial charge on any atom is -0.497 e. The number of hydrogen-bond donors (Lipinski definition) is 1. The van der Waals surface area contributed by atoms with Crippen LogP contribution in [0.3, 0.4) is 0 Å². The summed E-state index contributed by atoms with van der Waals surface area (Å²) in [6, 6.07) is 20.8. The van der Waals surface area contributed by atoms with E-state index in [9.17, 15) is 14.4 Å². The number of imide groups is 1. The predicted octanol–water partition coefficient (Wildman–Crippen LogP) is 2.96. The highest BCUT2D eigenvalue weighted by Crippen LogP contribution is 2.32. The molecule has 180 valence electrons. The van der Waals surface area contributed by atoms with Crippen LogP contribution in [0.15, 0.2) is 66.7 Å². The number of para-hydroxylation sites is 1. The molecule has 0 radical (unpaired) electrons. The lowest BCUT2D eigenvalue weighted by molar-refractivity contribution is -0.139. The lowest BCUT2D eigenvalue weighted by atomic mass is 9.90. The Morgan fingerprint density at radius 3 is 2.34 bits per heavy atom. The van der Waals surface area contributed by atoms with E-state index in [1.807, 2.05) is 54.6 Å². The van der Waals surface area contributed by atoms with E-state index in [1.165, 1.54) is 0 Å². The topological polar surface area (TPSA) is 82.2 Å². The van der Waals surface area contributed by atoms with E-state index >= 15 is 0 Å². The molecule has 1 N–H and O–H groups in total. The highest BCUT2D eigenvalue weighted by Gasteiger charge is 2.49. The van der Waals surface area contributed by atoms with Crippen molar-refractivity contribution in [2.45, 2.75) is 12.5 Å². The van der Waals surface area contributed by atoms with Crippen LogP contribution >= 0.6 is 0 Å². The van der Waals surface area contributed by atoms with Gasteiger partial charge in [-0.3, -0.25) is 14.5 Å². The number of amides is 4. The fourth-order valence-corrected chi connectivity index (χ4v) is 4.79. The summed E-state index contributed by atoms with van der Waals surface area (Å²) >= 11 is 0. The molecule has 2 aliphatic rings. The Morgan fingerprint density at radius 2 is 1.63 bits per heavy atom. The smallest absolute Gasteiger partial charge is 0.325 e. The molecule has 0 bridgehead atoms. The third-order valence-corrected chi connectivity index (χ3v) is 6.95. The normalized spacial score (nSPS) is 20.3. The van der Waals surface area contributed by atoms with Crippen LogP contribution in [-0.4, -0.2) is 67.5 Å². The van der Waals surface area contributed by atoms with Gasteiger partial charge in [-0.2, -0.15) is 0 Å². The number of fused-ring (bicyclic) bond motifs is 1. The fraction of sp³-hybridized carbons (Fsp3) is 0.296. The Bertz CT molecular complexity index is 1290. The number of urea groups is 1. The second kappa shape index (κ2) is 8.94. The summed E-state index contributed by atoms with van der Waals surface area (Å²) in [6.07, 6.45) is 0. The van der Waals surface area contributed by atoms with Crippen molar-refractivity contribution in [3.63, 3.8) is 0 Å². The zero-order valence-corrected chi connectivity index (χ0v) is 19.9. The number of carbonyl (C=O) groups excluding carboxylic acids is 3. The van der Waals surface area contributed by atoms with Crippen LogP contribution in [0.5, 0.6) is 5.75 Å². The first-order chi connectivity index (χ1) is 16.9. The fourth-order valence-electron chi connectivity index (χ4n) is 4.79. The minimum absolute atomic E-state index is 0.226. The molecular weight excluding hydrogens is 444 g/mol. The Morgan fingerprint density at radius 1 is 0.943 bits per heavy atom. The first kappa shape index (κ1) is 22.7. The van der Waals surface area contributed by atoms with E-state index in [4.69, 9.17) is 4.74 Å². The van der Waals surface area contributed by atoms with Gasteiger partial charge in [0.15, 0.2) is 0 Å². The lowest BCUT2D eigenvalue weighted by Crippen LogP contribution is -2.52. The Hall–Kier alpha value is -4.07. The lowest BCUT2D eigenvalue weighted by Gasteiger charge is -2.36. The van der Waals surface area contributed by atoms with Gasteiger partial charge in [-0.25, -0.2) is 4.79 Å². The maximum Gasteiger partial charge on any atom is 0.325 e. The van der Waals surface area contributed by atoms with Crippen LogP contribution in [0.25, 0.3) is 10.8 Å². The van der Waals surface area contributed by atoms with Gasteiger partial charge in [0, 0.05) is 31.9 Å². The number of benzene rings is 3. The van der Waals surface area contributed by atoms with Gasteiger partial charge in [0.25, 0.3) is 5.91 Å². The quantitative estimate of drug-likeness (QED) is 0.578. The second-order valence-corrected chi connectivity index (χ2v) is 9.08. The molecule has 3 aromatic carbocycles. The molecule has 3 aromatic rings. The summed E-state index contributed by atoms with van der Waals surface area (Å²) in [5.74, 6) is 0.0960. The Balaban J connectivity index is 1.27. The number of anilines is 1. The number of carbonyl (C=O) groups is 3. The van der Waals surface area contributed by atoms with Gasteiger partial charge in [0.1, 0.15) is 17.8 Å². The summed E-state index contributed by atoms with van der Waals surface area (Å²) in [5.41, 5.74) is 0.551. The Labute approximate surface area is 204 Å². The number of methoxy groups -OCH3 is 1. The summed E-state index contributed by atoms with van der Waals surface area (Å²) in [6.45, 7) is 3.91. The van der Waals surface area contributed by atoms with Crippen LogP contribution in [0.2, 0.25) is 0 Å². The first-order valence-corrected chi connectivity index (χ1v) is 11.7. The minimum atomic E-state index is -1.24. The van der Waals surface area contributed by atoms with Crippen molar-refractivity contribution in [3.05, 3.63) is 72.3 Å². The number of rotatable bonds is 5. The van der Waals surface area contributed by atoms with Crippen molar-refractivity contribution in [3.8, 4) is 5.75 Å². The molecule has 0 aromatic heterocycles. The first-order valence-electron chi connectivity index (χ1n) is 11.7. The number of nitrogens with zero attached hydrogens (tertiary/aromatic N) is 3. The summed E-state index contributed by atoms with van der Waals surface area (Å²) in [5, 5.41) is 4.70. The molecule has 2 heterocycles. The van der Waals surface area contributed by atoms with E-state index in [-0.39, 0.29) is 12.5 Å². The maximum absolute atomic E-state index is 13.4. The summed E-state index contributed by atoms with van der Waals surface area (Å²) < 4.78 is 5.28. The van der Waals surface area contributed by atoms with Crippen LogP contribution in [0, 0.1) is 0 Å². The van der Waals surface area contributed by atoms with Crippen LogP contribution < -0.4 is 15.0 Å². The molecule has 4 amide bonds. The molecule has 0 saturated carbocycles. The van der Waals surface area contributed by atoms with Gasteiger partial charge in [0.05, 0.1) is 7.11 Å². The van der Waals surface area contributed by atoms with Crippen molar-refractivity contribution in [2.24, 2.45) is 0 Å². The number of hydrogen-bond acceptors (Lipinski definition) is 5. The van der Waals surface area contributed by atoms with Gasteiger partial charge < -0.3 is 19.9 Å². The van der Waals surface area contributed by atoms with E-state index in [2.05, 4.69) is 22.3 Å². The van der Waals surface area contributed by atoms with Crippen molar-refractivity contribution in [1.82, 2.24) is 15.1 Å². The molecule has 35 heavy (non-hydrogen) atoms. The standard InChI is InChI=1S/C27H28N4O4/c1-27(21-10-8-20-17-23(35-2)11-9-19(20)16-21)25(33)31(26(34)28-27)18-24(32)30-14-12-29(13-15-30)22-6-4-3-5-7-22/h3-11,16-17H,12-15,18H2,1-2H3,(H,28,34)/t27-/m0/s1. The van der Waals surface area contributed by atoms with E-state index < -0.39 is 17.5 Å². The summed E-state index contributed by atoms with van der Waals surface area (Å²) in [4.78, 5) is 44.1. The third-order valence-electron chi connectivity index (χ3n) is 6.95.